The summed E-state index contributed by atoms with van der Waals surface area (Å²) in [7, 11) is 0. The van der Waals surface area contributed by atoms with E-state index in [2.05, 4.69) is 17.1 Å². The van der Waals surface area contributed by atoms with Crippen LogP contribution in [0.5, 0.6) is 0 Å². The number of rotatable bonds is 2. The summed E-state index contributed by atoms with van der Waals surface area (Å²) < 4.78 is 11.5. The Morgan fingerprint density at radius 1 is 1.10 bits per heavy atom. The van der Waals surface area contributed by atoms with Crippen molar-refractivity contribution in [2.75, 3.05) is 11.5 Å². The maximum absolute atomic E-state index is 13.8. The zero-order chi connectivity index (χ0) is 19.7. The molecule has 2 aromatic rings. The Kier molecular flexibility index (Phi) is 3.61. The lowest BCUT2D eigenvalue weighted by Crippen LogP contribution is -2.48. The molecule has 0 saturated carbocycles. The molecule has 0 aliphatic carbocycles. The van der Waals surface area contributed by atoms with Crippen LogP contribution in [0.4, 0.5) is 5.69 Å². The molecule has 5 heteroatoms. The largest absolute Gasteiger partial charge is 0.353 e. The van der Waals surface area contributed by atoms with Crippen molar-refractivity contribution < 1.29 is 19.1 Å². The van der Waals surface area contributed by atoms with Crippen LogP contribution in [0.3, 0.4) is 0 Å². The van der Waals surface area contributed by atoms with Crippen molar-refractivity contribution in [2.45, 2.75) is 31.4 Å². The van der Waals surface area contributed by atoms with E-state index in [9.17, 15) is 9.59 Å². The third-order valence-electron chi connectivity index (χ3n) is 6.76. The topological polar surface area (TPSA) is 55.8 Å². The number of ketones is 2. The SMILES string of the molecule is Cc1ccc(C(=O)[C@@H]2[C@@H]3[C@@H](C(=O)[C@H]4OC[C@@H]3O4)[C@H]3C=Cc4ccccc4N32)cc1. The van der Waals surface area contributed by atoms with E-state index in [0.717, 1.165) is 16.8 Å². The molecule has 5 nitrogen and oxygen atoms in total. The van der Waals surface area contributed by atoms with Crippen LogP contribution >= 0.6 is 0 Å². The maximum Gasteiger partial charge on any atom is 0.218 e. The summed E-state index contributed by atoms with van der Waals surface area (Å²) in [5, 5.41) is 0. The molecule has 3 fully saturated rings. The second-order valence-electron chi connectivity index (χ2n) is 8.34. The van der Waals surface area contributed by atoms with Gasteiger partial charge in [0.2, 0.25) is 6.29 Å². The first-order chi connectivity index (χ1) is 14.1. The molecule has 2 bridgehead atoms. The number of ether oxygens (including phenoxy) is 2. The van der Waals surface area contributed by atoms with Crippen molar-refractivity contribution in [1.82, 2.24) is 0 Å². The smallest absolute Gasteiger partial charge is 0.218 e. The first kappa shape index (κ1) is 17.1. The zero-order valence-electron chi connectivity index (χ0n) is 16.0. The van der Waals surface area contributed by atoms with Crippen LogP contribution < -0.4 is 4.90 Å². The highest BCUT2D eigenvalue weighted by atomic mass is 16.7. The molecule has 0 unspecified atom stereocenters. The molecule has 0 aromatic heterocycles. The second kappa shape index (κ2) is 6.12. The van der Waals surface area contributed by atoms with E-state index in [0.29, 0.717) is 12.2 Å². The van der Waals surface area contributed by atoms with Crippen LogP contribution in [0.2, 0.25) is 0 Å². The fourth-order valence-electron chi connectivity index (χ4n) is 5.47. The summed E-state index contributed by atoms with van der Waals surface area (Å²) in [6, 6.07) is 15.1. The number of aryl methyl sites for hydroxylation is 1. The van der Waals surface area contributed by atoms with Gasteiger partial charge in [-0.15, -0.1) is 0 Å². The fourth-order valence-corrected chi connectivity index (χ4v) is 5.47. The third kappa shape index (κ3) is 2.35. The van der Waals surface area contributed by atoms with Gasteiger partial charge in [0, 0.05) is 17.2 Å². The number of carbonyl (C=O) groups excluding carboxylic acids is 2. The van der Waals surface area contributed by atoms with Crippen molar-refractivity contribution in [2.24, 2.45) is 11.8 Å². The van der Waals surface area contributed by atoms with Crippen molar-refractivity contribution in [3.05, 3.63) is 71.3 Å². The molecule has 6 rings (SSSR count). The Labute approximate surface area is 168 Å². The van der Waals surface area contributed by atoms with E-state index in [1.165, 1.54) is 0 Å². The van der Waals surface area contributed by atoms with Crippen LogP contribution in [0, 0.1) is 18.8 Å². The van der Waals surface area contributed by atoms with Crippen molar-refractivity contribution in [3.8, 4) is 0 Å². The quantitative estimate of drug-likeness (QED) is 0.742. The number of carbonyl (C=O) groups is 2. The van der Waals surface area contributed by atoms with Crippen LogP contribution in [0.1, 0.15) is 21.5 Å². The molecule has 146 valence electrons. The summed E-state index contributed by atoms with van der Waals surface area (Å²) in [6.07, 6.45) is 3.11. The van der Waals surface area contributed by atoms with Crippen LogP contribution in [-0.2, 0) is 14.3 Å². The highest BCUT2D eigenvalue weighted by Gasteiger charge is 2.63. The zero-order valence-corrected chi connectivity index (χ0v) is 16.0. The average molecular weight is 387 g/mol. The van der Waals surface area contributed by atoms with Crippen LogP contribution in [-0.4, -0.2) is 42.7 Å². The predicted octanol–water partition coefficient (Wildman–Crippen LogP) is 3.02. The van der Waals surface area contributed by atoms with E-state index in [1.807, 2.05) is 55.5 Å². The van der Waals surface area contributed by atoms with E-state index in [4.69, 9.17) is 9.47 Å². The molecule has 4 aliphatic rings. The van der Waals surface area contributed by atoms with Gasteiger partial charge >= 0.3 is 0 Å². The van der Waals surface area contributed by atoms with E-state index >= 15 is 0 Å². The maximum atomic E-state index is 13.8. The molecule has 0 amide bonds. The summed E-state index contributed by atoms with van der Waals surface area (Å²) in [4.78, 5) is 29.1. The molecule has 4 aliphatic heterocycles. The Bertz CT molecular complexity index is 1040. The standard InChI is InChI=1S/C24H21NO4/c1-13-6-8-15(9-7-13)22(26)21-20-18-12-28-24(29-18)23(27)19(20)17-11-10-14-4-2-3-5-16(14)25(17)21/h2-11,17-21,24H,12H2,1H3/t17-,18+,19+,20+,21+,24+/m1/s1. The summed E-state index contributed by atoms with van der Waals surface area (Å²) in [5.74, 6) is -0.530. The molecule has 3 saturated heterocycles. The Morgan fingerprint density at radius 2 is 1.90 bits per heavy atom. The van der Waals surface area contributed by atoms with Gasteiger partial charge in [-0.3, -0.25) is 9.59 Å². The second-order valence-corrected chi connectivity index (χ2v) is 8.34. The summed E-state index contributed by atoms with van der Waals surface area (Å²) in [5.41, 5.74) is 3.85. The highest BCUT2D eigenvalue weighted by Crippen LogP contribution is 2.50. The van der Waals surface area contributed by atoms with E-state index < -0.39 is 12.3 Å². The fraction of sp³-hybridized carbons (Fsp3) is 0.333. The number of hydrogen-bond donors (Lipinski definition) is 0. The summed E-state index contributed by atoms with van der Waals surface area (Å²) >= 11 is 0. The minimum atomic E-state index is -0.790. The van der Waals surface area contributed by atoms with Gasteiger partial charge in [-0.25, -0.2) is 0 Å². The average Bonchev–Trinajstić information content (AvgIpc) is 3.33. The molecule has 0 spiro atoms. The van der Waals surface area contributed by atoms with E-state index in [1.54, 1.807) is 0 Å². The summed E-state index contributed by atoms with van der Waals surface area (Å²) in [6.45, 7) is 2.37. The van der Waals surface area contributed by atoms with Crippen LogP contribution in [0.25, 0.3) is 6.08 Å². The van der Waals surface area contributed by atoms with Gasteiger partial charge in [0.15, 0.2) is 11.6 Å². The predicted molar refractivity (Wildman–Crippen MR) is 108 cm³/mol. The first-order valence-electron chi connectivity index (χ1n) is 10.1. The molecule has 6 atom stereocenters. The minimum absolute atomic E-state index is 0.0364. The van der Waals surface area contributed by atoms with Gasteiger partial charge in [-0.2, -0.15) is 0 Å². The normalized spacial score (nSPS) is 34.0. The number of nitrogens with zero attached hydrogens (tertiary/aromatic N) is 1. The number of hydrogen-bond acceptors (Lipinski definition) is 5. The minimum Gasteiger partial charge on any atom is -0.353 e. The molecule has 0 N–H and O–H groups in total. The Balaban J connectivity index is 1.52. The lowest BCUT2D eigenvalue weighted by Gasteiger charge is -2.35. The number of anilines is 1. The molecule has 0 radical (unpaired) electrons. The third-order valence-corrected chi connectivity index (χ3v) is 6.76. The van der Waals surface area contributed by atoms with Gasteiger partial charge < -0.3 is 14.4 Å². The molecular weight excluding hydrogens is 366 g/mol. The Hall–Kier alpha value is -2.76. The van der Waals surface area contributed by atoms with Gasteiger partial charge in [0.05, 0.1) is 30.7 Å². The number of Topliss-reactive ketones (excluding diaryl/α,β-unsaturated/α-hetero) is 2. The van der Waals surface area contributed by atoms with Gasteiger partial charge in [-0.1, -0.05) is 60.2 Å². The number of benzene rings is 2. The number of fused-ring (bicyclic) bond motifs is 8. The number of para-hydroxylation sites is 1. The molecular formula is C24H21NO4. The van der Waals surface area contributed by atoms with Gasteiger partial charge in [-0.05, 0) is 18.6 Å². The highest BCUT2D eigenvalue weighted by molar-refractivity contribution is 6.05. The first-order valence-corrected chi connectivity index (χ1v) is 10.1. The lowest BCUT2D eigenvalue weighted by atomic mass is 9.77. The van der Waals surface area contributed by atoms with Gasteiger partial charge in [0.25, 0.3) is 0 Å². The monoisotopic (exact) mass is 387 g/mol. The lowest BCUT2D eigenvalue weighted by molar-refractivity contribution is -0.163. The van der Waals surface area contributed by atoms with Gasteiger partial charge in [0.1, 0.15) is 0 Å². The van der Waals surface area contributed by atoms with Crippen LogP contribution in [0.15, 0.2) is 54.6 Å². The Morgan fingerprint density at radius 3 is 2.72 bits per heavy atom. The van der Waals surface area contributed by atoms with Crippen molar-refractivity contribution >= 4 is 23.3 Å². The molecule has 29 heavy (non-hydrogen) atoms. The van der Waals surface area contributed by atoms with Crippen molar-refractivity contribution in [3.63, 3.8) is 0 Å². The van der Waals surface area contributed by atoms with Crippen molar-refractivity contribution in [1.29, 1.82) is 0 Å². The molecule has 4 heterocycles. The van der Waals surface area contributed by atoms with E-state index in [-0.39, 0.29) is 35.5 Å². The molecule has 2 aromatic carbocycles.